The van der Waals surface area contributed by atoms with Crippen LogP contribution in [0.5, 0.6) is 0 Å². The number of rotatable bonds is 15. The molecule has 9 nitrogen and oxygen atoms in total. The molecule has 2 aromatic heterocycles. The molecule has 0 radical (unpaired) electrons. The lowest BCUT2D eigenvalue weighted by Gasteiger charge is -2.28. The SMILES string of the molecule is C#Cc1ccnc(C2(NC[C@@H](O)[C@H](Cc3cc(F)cc(F)c3)NC(=O)c3cc(-c4ncco4)c(CCC)c(C(N)=O)c3CCC)CC2)c1. The molecule has 1 aliphatic carbocycles. The summed E-state index contributed by atoms with van der Waals surface area (Å²) in [5.74, 6) is -0.00317. The third-order valence-electron chi connectivity index (χ3n) is 8.67. The number of nitrogens with two attached hydrogens (primary N) is 1. The molecule has 0 spiro atoms. The largest absolute Gasteiger partial charge is 0.445 e. The van der Waals surface area contributed by atoms with Crippen LogP contribution in [0.25, 0.3) is 11.5 Å². The number of aliphatic hydroxyl groups is 1. The van der Waals surface area contributed by atoms with Crippen molar-refractivity contribution in [2.24, 2.45) is 5.73 Å². The highest BCUT2D eigenvalue weighted by molar-refractivity contribution is 6.04. The number of carbonyl (C=O) groups is 2. The molecule has 1 fully saturated rings. The van der Waals surface area contributed by atoms with Crippen LogP contribution in [0.3, 0.4) is 0 Å². The van der Waals surface area contributed by atoms with Gasteiger partial charge in [0.05, 0.1) is 29.6 Å². The van der Waals surface area contributed by atoms with Crippen LogP contribution in [-0.4, -0.2) is 45.6 Å². The molecule has 1 saturated carbocycles. The number of hydrogen-bond acceptors (Lipinski definition) is 7. The maximum atomic E-state index is 14.2. The quantitative estimate of drug-likeness (QED) is 0.132. The zero-order valence-corrected chi connectivity index (χ0v) is 27.0. The first kappa shape index (κ1) is 34.4. The van der Waals surface area contributed by atoms with Crippen molar-refractivity contribution in [3.8, 4) is 23.8 Å². The van der Waals surface area contributed by atoms with E-state index < -0.39 is 41.1 Å². The molecule has 1 aliphatic rings. The van der Waals surface area contributed by atoms with Gasteiger partial charge in [0.15, 0.2) is 0 Å². The lowest BCUT2D eigenvalue weighted by atomic mass is 9.86. The number of aliphatic hydroxyl groups excluding tert-OH is 1. The van der Waals surface area contributed by atoms with Gasteiger partial charge >= 0.3 is 0 Å². The Labute approximate surface area is 278 Å². The first-order valence-corrected chi connectivity index (χ1v) is 16.1. The summed E-state index contributed by atoms with van der Waals surface area (Å²) in [5, 5.41) is 17.8. The Morgan fingerprint density at radius 1 is 1.06 bits per heavy atom. The summed E-state index contributed by atoms with van der Waals surface area (Å²) < 4.78 is 34.0. The molecule has 4 aromatic rings. The maximum absolute atomic E-state index is 14.2. The highest BCUT2D eigenvalue weighted by Gasteiger charge is 2.46. The van der Waals surface area contributed by atoms with Crippen LogP contribution in [0.1, 0.15) is 88.2 Å². The van der Waals surface area contributed by atoms with Crippen molar-refractivity contribution in [1.82, 2.24) is 20.6 Å². The van der Waals surface area contributed by atoms with Crippen molar-refractivity contribution >= 4 is 11.8 Å². The molecule has 2 atom stereocenters. The average molecular weight is 656 g/mol. The van der Waals surface area contributed by atoms with Crippen LogP contribution in [-0.2, 0) is 24.8 Å². The monoisotopic (exact) mass is 655 g/mol. The number of halogens is 2. The molecule has 5 N–H and O–H groups in total. The van der Waals surface area contributed by atoms with Crippen LogP contribution in [0.2, 0.25) is 0 Å². The minimum absolute atomic E-state index is 0.0239. The lowest BCUT2D eigenvalue weighted by Crippen LogP contribution is -2.50. The summed E-state index contributed by atoms with van der Waals surface area (Å²) >= 11 is 0. The highest BCUT2D eigenvalue weighted by atomic mass is 19.1. The van der Waals surface area contributed by atoms with E-state index in [-0.39, 0.29) is 35.5 Å². The van der Waals surface area contributed by atoms with E-state index in [1.807, 2.05) is 19.9 Å². The van der Waals surface area contributed by atoms with Crippen molar-refractivity contribution in [2.75, 3.05) is 6.54 Å². The molecule has 48 heavy (non-hydrogen) atoms. The van der Waals surface area contributed by atoms with Gasteiger partial charge in [-0.1, -0.05) is 32.6 Å². The molecule has 11 heteroatoms. The molecular weight excluding hydrogens is 616 g/mol. The van der Waals surface area contributed by atoms with E-state index in [1.165, 1.54) is 12.5 Å². The summed E-state index contributed by atoms with van der Waals surface area (Å²) in [7, 11) is 0. The number of nitrogens with one attached hydrogen (secondary N) is 2. The Morgan fingerprint density at radius 2 is 1.77 bits per heavy atom. The smallest absolute Gasteiger partial charge is 0.251 e. The van der Waals surface area contributed by atoms with E-state index in [0.717, 1.165) is 36.7 Å². The molecule has 2 aromatic carbocycles. The molecule has 250 valence electrons. The van der Waals surface area contributed by atoms with Gasteiger partial charge in [-0.3, -0.25) is 14.6 Å². The molecule has 0 unspecified atom stereocenters. The Kier molecular flexibility index (Phi) is 10.7. The fourth-order valence-electron chi connectivity index (χ4n) is 6.22. The predicted molar refractivity (Wildman–Crippen MR) is 177 cm³/mol. The van der Waals surface area contributed by atoms with Crippen LogP contribution >= 0.6 is 0 Å². The van der Waals surface area contributed by atoms with Gasteiger partial charge < -0.3 is 25.9 Å². The van der Waals surface area contributed by atoms with Crippen LogP contribution in [0, 0.1) is 24.0 Å². The van der Waals surface area contributed by atoms with Crippen molar-refractivity contribution < 1.29 is 27.9 Å². The van der Waals surface area contributed by atoms with E-state index in [2.05, 4.69) is 26.5 Å². The minimum Gasteiger partial charge on any atom is -0.445 e. The van der Waals surface area contributed by atoms with E-state index in [9.17, 15) is 23.5 Å². The Morgan fingerprint density at radius 3 is 2.38 bits per heavy atom. The van der Waals surface area contributed by atoms with Gasteiger partial charge in [-0.25, -0.2) is 13.8 Å². The first-order valence-electron chi connectivity index (χ1n) is 16.1. The van der Waals surface area contributed by atoms with Crippen molar-refractivity contribution in [3.63, 3.8) is 0 Å². The Balaban J connectivity index is 1.51. The minimum atomic E-state index is -1.20. The van der Waals surface area contributed by atoms with Crippen molar-refractivity contribution in [1.29, 1.82) is 0 Å². The van der Waals surface area contributed by atoms with E-state index in [0.29, 0.717) is 47.9 Å². The van der Waals surface area contributed by atoms with Gasteiger partial charge in [0.25, 0.3) is 5.91 Å². The fourth-order valence-corrected chi connectivity index (χ4v) is 6.22. The number of hydrogen-bond donors (Lipinski definition) is 4. The summed E-state index contributed by atoms with van der Waals surface area (Å²) in [4.78, 5) is 35.9. The number of primary amides is 1. The number of oxazole rings is 1. The summed E-state index contributed by atoms with van der Waals surface area (Å²) in [5.41, 5.74) is 9.09. The lowest BCUT2D eigenvalue weighted by molar-refractivity contribution is 0.0820. The zero-order chi connectivity index (χ0) is 34.4. The van der Waals surface area contributed by atoms with Gasteiger partial charge in [-0.2, -0.15) is 0 Å². The number of benzene rings is 2. The van der Waals surface area contributed by atoms with Crippen molar-refractivity contribution in [3.05, 3.63) is 106 Å². The van der Waals surface area contributed by atoms with Crippen LogP contribution < -0.4 is 16.4 Å². The second-order valence-electron chi connectivity index (χ2n) is 12.2. The number of terminal acetylenes is 1. The Hall–Kier alpha value is -4.92. The molecule has 0 aliphatic heterocycles. The maximum Gasteiger partial charge on any atom is 0.251 e. The molecule has 5 rings (SSSR count). The van der Waals surface area contributed by atoms with Crippen LogP contribution in [0.4, 0.5) is 8.78 Å². The molecule has 2 amide bonds. The molecule has 2 heterocycles. The third kappa shape index (κ3) is 7.62. The predicted octanol–water partition coefficient (Wildman–Crippen LogP) is 4.98. The highest BCUT2D eigenvalue weighted by Crippen LogP contribution is 2.44. The summed E-state index contributed by atoms with van der Waals surface area (Å²) in [6.07, 6.45) is 12.5. The van der Waals surface area contributed by atoms with E-state index in [4.69, 9.17) is 16.6 Å². The average Bonchev–Trinajstić information content (AvgIpc) is 3.66. The van der Waals surface area contributed by atoms with E-state index >= 15 is 0 Å². The second kappa shape index (κ2) is 14.9. The molecule has 0 bridgehead atoms. The number of carbonyl (C=O) groups excluding carboxylic acids is 2. The van der Waals surface area contributed by atoms with Gasteiger partial charge in [0.1, 0.15) is 17.9 Å². The number of aromatic nitrogens is 2. The first-order chi connectivity index (χ1) is 23.1. The van der Waals surface area contributed by atoms with Crippen molar-refractivity contribution in [2.45, 2.75) is 76.5 Å². The number of pyridine rings is 1. The normalized spacial score (nSPS) is 14.6. The third-order valence-corrected chi connectivity index (χ3v) is 8.67. The Bertz CT molecular complexity index is 1810. The standard InChI is InChI=1S/C37H39F2N5O4/c1-4-7-26-28(20-29(36-42-13-14-48-36)27(8-5-2)33(26)34(40)46)35(47)44-30(17-23-15-24(38)19-25(39)16-23)31(45)21-43-37(10-11-37)32-18-22(6-3)9-12-41-32/h3,9,12-16,18-20,30-31,43,45H,4-5,7-8,10-11,17,21H2,1-2H3,(H2,40,46)(H,44,47)/t30-,31+/m0/s1. The topological polar surface area (TPSA) is 143 Å². The number of nitrogens with zero attached hydrogens (tertiary/aromatic N) is 2. The van der Waals surface area contributed by atoms with Gasteiger partial charge in [0.2, 0.25) is 11.8 Å². The van der Waals surface area contributed by atoms with Gasteiger partial charge in [-0.05, 0) is 79.1 Å². The van der Waals surface area contributed by atoms with E-state index in [1.54, 1.807) is 18.3 Å². The number of amides is 2. The summed E-state index contributed by atoms with van der Waals surface area (Å²) in [6.45, 7) is 3.91. The second-order valence-corrected chi connectivity index (χ2v) is 12.2. The van der Waals surface area contributed by atoms with Crippen LogP contribution in [0.15, 0.2) is 59.5 Å². The fraction of sp³-hybridized carbons (Fsp3) is 0.351. The summed E-state index contributed by atoms with van der Waals surface area (Å²) in [6, 6.07) is 7.27. The van der Waals surface area contributed by atoms with Gasteiger partial charge in [-0.15, -0.1) is 6.42 Å². The zero-order valence-electron chi connectivity index (χ0n) is 27.0. The van der Waals surface area contributed by atoms with Gasteiger partial charge in [0, 0.05) is 41.1 Å². The molecule has 0 saturated heterocycles. The molecular formula is C37H39F2N5O4.